The monoisotopic (exact) mass is 510 g/mol. The van der Waals surface area contributed by atoms with Crippen LogP contribution in [0.4, 0.5) is 10.1 Å². The lowest BCUT2D eigenvalue weighted by Gasteiger charge is -2.31. The van der Waals surface area contributed by atoms with Crippen LogP contribution < -0.4 is 4.31 Å². The SMILES string of the molecule is Cc1ccccc1-c1ccc(C(=O)N2[C@@H](c3ccccc3F)CC[C@H]2C(=O)O)c(N(C)S(C)(=O)=O)c1. The van der Waals surface area contributed by atoms with Crippen molar-refractivity contribution in [2.75, 3.05) is 17.6 Å². The number of likely N-dealkylation sites (tertiary alicyclic amines) is 1. The van der Waals surface area contributed by atoms with Crippen LogP contribution in [0.25, 0.3) is 11.1 Å². The first-order valence-electron chi connectivity index (χ1n) is 11.4. The summed E-state index contributed by atoms with van der Waals surface area (Å²) in [6, 6.07) is 16.4. The molecule has 1 saturated heterocycles. The van der Waals surface area contributed by atoms with Crippen LogP contribution in [0.15, 0.2) is 66.7 Å². The molecule has 1 N–H and O–H groups in total. The number of amides is 1. The molecule has 0 radical (unpaired) electrons. The molecule has 4 rings (SSSR count). The van der Waals surface area contributed by atoms with E-state index in [1.807, 2.05) is 31.2 Å². The maximum absolute atomic E-state index is 14.7. The minimum Gasteiger partial charge on any atom is -0.480 e. The third-order valence-electron chi connectivity index (χ3n) is 6.69. The molecule has 0 saturated carbocycles. The standard InChI is InChI=1S/C27H27FN2O5S/c1-17-8-4-5-9-19(17)18-12-13-21(25(16-18)29(2)36(3,34)35)26(31)30-23(14-15-24(30)27(32)33)20-10-6-7-11-22(20)28/h4-13,16,23-24H,14-15H2,1-3H3,(H,32,33)/t23-,24+/m1/s1. The van der Waals surface area contributed by atoms with Crippen LogP contribution in [-0.2, 0) is 14.8 Å². The zero-order valence-corrected chi connectivity index (χ0v) is 21.0. The molecule has 0 aliphatic carbocycles. The molecule has 0 bridgehead atoms. The summed E-state index contributed by atoms with van der Waals surface area (Å²) in [5.74, 6) is -2.40. The molecule has 9 heteroatoms. The number of carboxylic acids is 1. The number of carboxylic acid groups (broad SMARTS) is 1. The molecule has 3 aromatic rings. The summed E-state index contributed by atoms with van der Waals surface area (Å²) < 4.78 is 40.7. The van der Waals surface area contributed by atoms with Crippen molar-refractivity contribution >= 4 is 27.6 Å². The van der Waals surface area contributed by atoms with Gasteiger partial charge in [-0.05, 0) is 54.7 Å². The van der Waals surface area contributed by atoms with E-state index >= 15 is 0 Å². The molecule has 0 unspecified atom stereocenters. The Morgan fingerprint density at radius 2 is 1.69 bits per heavy atom. The van der Waals surface area contributed by atoms with Gasteiger partial charge in [0.1, 0.15) is 11.9 Å². The van der Waals surface area contributed by atoms with E-state index in [0.29, 0.717) is 5.56 Å². The average Bonchev–Trinajstić information content (AvgIpc) is 3.28. The van der Waals surface area contributed by atoms with Crippen molar-refractivity contribution in [3.05, 3.63) is 89.2 Å². The molecule has 0 aromatic heterocycles. The third kappa shape index (κ3) is 4.70. The Labute approximate surface area is 209 Å². The minimum atomic E-state index is -3.76. The van der Waals surface area contributed by atoms with Crippen molar-refractivity contribution in [3.8, 4) is 11.1 Å². The van der Waals surface area contributed by atoms with E-state index in [2.05, 4.69) is 0 Å². The van der Waals surface area contributed by atoms with E-state index in [1.54, 1.807) is 18.2 Å². The van der Waals surface area contributed by atoms with Gasteiger partial charge in [0, 0.05) is 12.6 Å². The summed E-state index contributed by atoms with van der Waals surface area (Å²) in [4.78, 5) is 27.2. The Morgan fingerprint density at radius 1 is 1.03 bits per heavy atom. The highest BCUT2D eigenvalue weighted by Gasteiger charge is 2.43. The molecule has 1 aliphatic rings. The van der Waals surface area contributed by atoms with Crippen LogP contribution in [0.1, 0.15) is 40.4 Å². The number of carbonyl (C=O) groups is 2. The Balaban J connectivity index is 1.87. The fourth-order valence-corrected chi connectivity index (χ4v) is 5.25. The normalized spacial score (nSPS) is 17.7. The van der Waals surface area contributed by atoms with Crippen LogP contribution in [0.3, 0.4) is 0 Å². The fraction of sp³-hybridized carbons (Fsp3) is 0.259. The third-order valence-corrected chi connectivity index (χ3v) is 7.88. The number of hydrogen-bond acceptors (Lipinski definition) is 4. The number of nitrogens with zero attached hydrogens (tertiary/aromatic N) is 2. The maximum atomic E-state index is 14.7. The Bertz CT molecular complexity index is 1440. The van der Waals surface area contributed by atoms with Crippen molar-refractivity contribution in [1.29, 1.82) is 0 Å². The highest BCUT2D eigenvalue weighted by atomic mass is 32.2. The van der Waals surface area contributed by atoms with Gasteiger partial charge in [-0.25, -0.2) is 17.6 Å². The van der Waals surface area contributed by atoms with E-state index < -0.39 is 39.8 Å². The largest absolute Gasteiger partial charge is 0.480 e. The van der Waals surface area contributed by atoms with Crippen molar-refractivity contribution in [2.45, 2.75) is 31.8 Å². The lowest BCUT2D eigenvalue weighted by atomic mass is 9.97. The zero-order valence-electron chi connectivity index (χ0n) is 20.2. The molecule has 7 nitrogen and oxygen atoms in total. The number of aryl methyl sites for hydroxylation is 1. The highest BCUT2D eigenvalue weighted by Crippen LogP contribution is 2.40. The van der Waals surface area contributed by atoms with Gasteiger partial charge in [0.05, 0.1) is 23.5 Å². The predicted octanol–water partition coefficient (Wildman–Crippen LogP) is 4.63. The molecule has 0 spiro atoms. The zero-order chi connectivity index (χ0) is 26.2. The van der Waals surface area contributed by atoms with E-state index in [0.717, 1.165) is 21.7 Å². The number of aliphatic carboxylic acids is 1. The summed E-state index contributed by atoms with van der Waals surface area (Å²) >= 11 is 0. The molecular weight excluding hydrogens is 483 g/mol. The van der Waals surface area contributed by atoms with E-state index in [4.69, 9.17) is 0 Å². The predicted molar refractivity (Wildman–Crippen MR) is 136 cm³/mol. The molecule has 1 amide bonds. The van der Waals surface area contributed by atoms with Gasteiger partial charge in [0.2, 0.25) is 10.0 Å². The van der Waals surface area contributed by atoms with Gasteiger partial charge in [0.25, 0.3) is 5.91 Å². The second-order valence-electron chi connectivity index (χ2n) is 8.96. The van der Waals surface area contributed by atoms with Crippen LogP contribution in [0.5, 0.6) is 0 Å². The van der Waals surface area contributed by atoms with Gasteiger partial charge in [-0.15, -0.1) is 0 Å². The van der Waals surface area contributed by atoms with Gasteiger partial charge in [-0.3, -0.25) is 9.10 Å². The molecule has 2 atom stereocenters. The number of hydrogen-bond donors (Lipinski definition) is 1. The lowest BCUT2D eigenvalue weighted by molar-refractivity contribution is -0.141. The Hall–Kier alpha value is -3.72. The summed E-state index contributed by atoms with van der Waals surface area (Å²) in [5.41, 5.74) is 2.91. The highest BCUT2D eigenvalue weighted by molar-refractivity contribution is 7.92. The number of halogens is 1. The summed E-state index contributed by atoms with van der Waals surface area (Å²) in [7, 11) is -2.42. The van der Waals surface area contributed by atoms with E-state index in [9.17, 15) is 27.5 Å². The maximum Gasteiger partial charge on any atom is 0.326 e. The first kappa shape index (κ1) is 25.4. The number of rotatable bonds is 6. The number of benzene rings is 3. The topological polar surface area (TPSA) is 95.0 Å². The van der Waals surface area contributed by atoms with Crippen molar-refractivity contribution in [2.24, 2.45) is 0 Å². The van der Waals surface area contributed by atoms with Gasteiger partial charge in [-0.1, -0.05) is 48.5 Å². The minimum absolute atomic E-state index is 0.0229. The molecule has 1 aliphatic heterocycles. The summed E-state index contributed by atoms with van der Waals surface area (Å²) in [5, 5.41) is 9.85. The fourth-order valence-electron chi connectivity index (χ4n) is 4.74. The van der Waals surface area contributed by atoms with Crippen molar-refractivity contribution in [1.82, 2.24) is 4.90 Å². The van der Waals surface area contributed by atoms with Crippen LogP contribution in [0.2, 0.25) is 0 Å². The quantitative estimate of drug-likeness (QED) is 0.522. The van der Waals surface area contributed by atoms with Crippen LogP contribution in [0, 0.1) is 12.7 Å². The number of sulfonamides is 1. The van der Waals surface area contributed by atoms with Crippen molar-refractivity contribution < 1.29 is 27.5 Å². The molecular formula is C27H27FN2O5S. The lowest BCUT2D eigenvalue weighted by Crippen LogP contribution is -2.42. The molecule has 36 heavy (non-hydrogen) atoms. The Morgan fingerprint density at radius 3 is 2.33 bits per heavy atom. The van der Waals surface area contributed by atoms with Gasteiger partial charge < -0.3 is 10.0 Å². The molecule has 1 heterocycles. The first-order valence-corrected chi connectivity index (χ1v) is 13.3. The van der Waals surface area contributed by atoms with Gasteiger partial charge >= 0.3 is 5.97 Å². The second kappa shape index (κ2) is 9.73. The molecule has 3 aromatic carbocycles. The average molecular weight is 511 g/mol. The second-order valence-corrected chi connectivity index (χ2v) is 11.0. The first-order chi connectivity index (χ1) is 17.0. The Kier molecular flexibility index (Phi) is 6.86. The van der Waals surface area contributed by atoms with Gasteiger partial charge in [-0.2, -0.15) is 0 Å². The summed E-state index contributed by atoms with van der Waals surface area (Å²) in [6.45, 7) is 1.93. The van der Waals surface area contributed by atoms with E-state index in [-0.39, 0.29) is 29.7 Å². The molecule has 1 fully saturated rings. The molecule has 188 valence electrons. The number of anilines is 1. The van der Waals surface area contributed by atoms with Gasteiger partial charge in [0.15, 0.2) is 0 Å². The van der Waals surface area contributed by atoms with Crippen LogP contribution in [-0.4, -0.2) is 49.6 Å². The van der Waals surface area contributed by atoms with Crippen LogP contribution >= 0.6 is 0 Å². The van der Waals surface area contributed by atoms with E-state index in [1.165, 1.54) is 36.2 Å². The van der Waals surface area contributed by atoms with Crippen molar-refractivity contribution in [3.63, 3.8) is 0 Å². The summed E-state index contributed by atoms with van der Waals surface area (Å²) in [6.07, 6.45) is 1.44. The number of carbonyl (C=O) groups excluding carboxylic acids is 1. The smallest absolute Gasteiger partial charge is 0.326 e.